The Morgan fingerprint density at radius 1 is 1.39 bits per heavy atom. The maximum Gasteiger partial charge on any atom is 0.134 e. The van der Waals surface area contributed by atoms with Gasteiger partial charge in [-0.05, 0) is 6.92 Å². The first-order valence-electron chi connectivity index (χ1n) is 6.34. The van der Waals surface area contributed by atoms with E-state index < -0.39 is 0 Å². The fourth-order valence-electron chi connectivity index (χ4n) is 1.98. The summed E-state index contributed by atoms with van der Waals surface area (Å²) in [4.78, 5) is 11.2. The molecule has 0 spiro atoms. The van der Waals surface area contributed by atoms with Crippen molar-refractivity contribution in [3.05, 3.63) is 11.9 Å². The van der Waals surface area contributed by atoms with Crippen molar-refractivity contribution < 1.29 is 4.74 Å². The van der Waals surface area contributed by atoms with Crippen molar-refractivity contribution in [3.63, 3.8) is 0 Å². The number of hydrogen-bond donors (Lipinski definition) is 2. The van der Waals surface area contributed by atoms with Gasteiger partial charge in [0.15, 0.2) is 0 Å². The maximum absolute atomic E-state index is 5.02. The van der Waals surface area contributed by atoms with Gasteiger partial charge in [-0.2, -0.15) is 0 Å². The number of nitrogens with one attached hydrogen (secondary N) is 2. The molecule has 2 rings (SSSR count). The van der Waals surface area contributed by atoms with Gasteiger partial charge in [-0.3, -0.25) is 0 Å². The van der Waals surface area contributed by atoms with E-state index in [9.17, 15) is 0 Å². The minimum atomic E-state index is 0.673. The lowest BCUT2D eigenvalue weighted by Gasteiger charge is -2.28. The fraction of sp³-hybridized carbons (Fsp3) is 0.667. The third kappa shape index (κ3) is 3.54. The zero-order chi connectivity index (χ0) is 12.8. The van der Waals surface area contributed by atoms with Crippen molar-refractivity contribution >= 4 is 11.6 Å². The van der Waals surface area contributed by atoms with E-state index in [4.69, 9.17) is 4.74 Å². The van der Waals surface area contributed by atoms with Crippen molar-refractivity contribution in [1.29, 1.82) is 0 Å². The van der Waals surface area contributed by atoms with Crippen LogP contribution in [0.2, 0.25) is 0 Å². The monoisotopic (exact) mass is 251 g/mol. The molecule has 100 valence electrons. The third-order valence-electron chi connectivity index (χ3n) is 2.88. The summed E-state index contributed by atoms with van der Waals surface area (Å²) >= 11 is 0. The Morgan fingerprint density at radius 3 is 2.89 bits per heavy atom. The number of methoxy groups -OCH3 is 1. The lowest BCUT2D eigenvalue weighted by Crippen LogP contribution is -2.44. The number of anilines is 2. The van der Waals surface area contributed by atoms with Crippen molar-refractivity contribution in [1.82, 2.24) is 15.3 Å². The Kier molecular flexibility index (Phi) is 4.72. The van der Waals surface area contributed by atoms with Gasteiger partial charge in [-0.1, -0.05) is 0 Å². The Bertz CT molecular complexity index is 379. The first-order valence-corrected chi connectivity index (χ1v) is 6.34. The number of aryl methyl sites for hydroxylation is 1. The van der Waals surface area contributed by atoms with Crippen molar-refractivity contribution in [2.45, 2.75) is 6.92 Å². The van der Waals surface area contributed by atoms with Crippen LogP contribution >= 0.6 is 0 Å². The molecule has 0 radical (unpaired) electrons. The Balaban J connectivity index is 2.05. The summed E-state index contributed by atoms with van der Waals surface area (Å²) in [7, 11) is 1.69. The lowest BCUT2D eigenvalue weighted by atomic mass is 10.3. The van der Waals surface area contributed by atoms with Crippen molar-refractivity contribution in [2.24, 2.45) is 0 Å². The average molecular weight is 251 g/mol. The normalized spacial score (nSPS) is 15.8. The van der Waals surface area contributed by atoms with Crippen LogP contribution in [0.3, 0.4) is 0 Å². The summed E-state index contributed by atoms with van der Waals surface area (Å²) < 4.78 is 5.02. The van der Waals surface area contributed by atoms with Gasteiger partial charge >= 0.3 is 0 Å². The summed E-state index contributed by atoms with van der Waals surface area (Å²) in [6, 6.07) is 2.01. The van der Waals surface area contributed by atoms with Crippen LogP contribution in [0.4, 0.5) is 11.6 Å². The van der Waals surface area contributed by atoms with Crippen LogP contribution in [0.25, 0.3) is 0 Å². The maximum atomic E-state index is 5.02. The molecule has 6 nitrogen and oxygen atoms in total. The van der Waals surface area contributed by atoms with E-state index in [-0.39, 0.29) is 0 Å². The van der Waals surface area contributed by atoms with E-state index in [0.717, 1.165) is 50.2 Å². The summed E-state index contributed by atoms with van der Waals surface area (Å²) in [5.41, 5.74) is 0. The van der Waals surface area contributed by atoms with Gasteiger partial charge in [0.2, 0.25) is 0 Å². The molecule has 2 heterocycles. The van der Waals surface area contributed by atoms with Crippen LogP contribution in [0.5, 0.6) is 0 Å². The fourth-order valence-corrected chi connectivity index (χ4v) is 1.98. The molecule has 0 atom stereocenters. The minimum Gasteiger partial charge on any atom is -0.383 e. The number of rotatable bonds is 5. The molecule has 0 aromatic carbocycles. The summed E-state index contributed by atoms with van der Waals surface area (Å²) in [5.74, 6) is 2.67. The number of ether oxygens (including phenoxy) is 1. The average Bonchev–Trinajstić information content (AvgIpc) is 2.39. The van der Waals surface area contributed by atoms with Gasteiger partial charge in [0.25, 0.3) is 0 Å². The van der Waals surface area contributed by atoms with Crippen LogP contribution in [0.15, 0.2) is 6.07 Å². The van der Waals surface area contributed by atoms with E-state index in [1.165, 1.54) is 0 Å². The molecule has 1 aromatic rings. The van der Waals surface area contributed by atoms with Crippen molar-refractivity contribution in [2.75, 3.05) is 56.7 Å². The van der Waals surface area contributed by atoms with E-state index in [1.807, 2.05) is 13.0 Å². The largest absolute Gasteiger partial charge is 0.383 e. The number of aromatic nitrogens is 2. The molecule has 2 N–H and O–H groups in total. The Morgan fingerprint density at radius 2 is 2.17 bits per heavy atom. The molecule has 1 aromatic heterocycles. The second kappa shape index (κ2) is 6.51. The number of nitrogens with zero attached hydrogens (tertiary/aromatic N) is 3. The van der Waals surface area contributed by atoms with E-state index in [2.05, 4.69) is 25.5 Å². The van der Waals surface area contributed by atoms with Gasteiger partial charge in [-0.15, -0.1) is 0 Å². The molecule has 0 saturated carbocycles. The summed E-state index contributed by atoms with van der Waals surface area (Å²) in [6.45, 7) is 7.36. The standard InChI is InChI=1S/C12H21N5O/c1-10-15-11(14-5-8-18-2)9-12(16-10)17-6-3-13-4-7-17/h9,13H,3-8H2,1-2H3,(H,14,15,16). The molecule has 0 amide bonds. The minimum absolute atomic E-state index is 0.673. The highest BCUT2D eigenvalue weighted by Gasteiger charge is 2.13. The topological polar surface area (TPSA) is 62.3 Å². The first kappa shape index (κ1) is 13.0. The third-order valence-corrected chi connectivity index (χ3v) is 2.88. The van der Waals surface area contributed by atoms with Gasteiger partial charge in [0.1, 0.15) is 17.5 Å². The molecule has 6 heteroatoms. The zero-order valence-corrected chi connectivity index (χ0v) is 11.1. The summed E-state index contributed by atoms with van der Waals surface area (Å²) in [6.07, 6.45) is 0. The zero-order valence-electron chi connectivity index (χ0n) is 11.1. The van der Waals surface area contributed by atoms with Crippen LogP contribution < -0.4 is 15.5 Å². The Hall–Kier alpha value is -1.40. The highest BCUT2D eigenvalue weighted by molar-refractivity contribution is 5.49. The quantitative estimate of drug-likeness (QED) is 0.732. The molecule has 0 bridgehead atoms. The van der Waals surface area contributed by atoms with Crippen LogP contribution in [-0.2, 0) is 4.74 Å². The molecule has 1 aliphatic heterocycles. The number of hydrogen-bond acceptors (Lipinski definition) is 6. The first-order chi connectivity index (χ1) is 8.79. The molecular weight excluding hydrogens is 230 g/mol. The van der Waals surface area contributed by atoms with E-state index in [0.29, 0.717) is 6.61 Å². The smallest absolute Gasteiger partial charge is 0.134 e. The molecule has 1 fully saturated rings. The van der Waals surface area contributed by atoms with Crippen LogP contribution in [0.1, 0.15) is 5.82 Å². The molecule has 1 saturated heterocycles. The van der Waals surface area contributed by atoms with Crippen molar-refractivity contribution in [3.8, 4) is 0 Å². The molecule has 0 unspecified atom stereocenters. The lowest BCUT2D eigenvalue weighted by molar-refractivity contribution is 0.210. The predicted octanol–water partition coefficient (Wildman–Crippen LogP) is 0.253. The number of piperazine rings is 1. The van der Waals surface area contributed by atoms with Crippen LogP contribution in [0, 0.1) is 6.92 Å². The van der Waals surface area contributed by atoms with Gasteiger partial charge < -0.3 is 20.3 Å². The van der Waals surface area contributed by atoms with Gasteiger partial charge in [0, 0.05) is 45.9 Å². The van der Waals surface area contributed by atoms with Gasteiger partial charge in [0.05, 0.1) is 6.61 Å². The van der Waals surface area contributed by atoms with Gasteiger partial charge in [-0.25, -0.2) is 9.97 Å². The summed E-state index contributed by atoms with van der Waals surface area (Å²) in [5, 5.41) is 6.59. The molecule has 0 aliphatic carbocycles. The van der Waals surface area contributed by atoms with E-state index in [1.54, 1.807) is 7.11 Å². The molecular formula is C12H21N5O. The SMILES string of the molecule is COCCNc1cc(N2CCNCC2)nc(C)n1. The highest BCUT2D eigenvalue weighted by Crippen LogP contribution is 2.16. The van der Waals surface area contributed by atoms with E-state index >= 15 is 0 Å². The Labute approximate surface area is 108 Å². The molecule has 18 heavy (non-hydrogen) atoms. The molecule has 1 aliphatic rings. The highest BCUT2D eigenvalue weighted by atomic mass is 16.5. The predicted molar refractivity (Wildman–Crippen MR) is 72.2 cm³/mol. The van der Waals surface area contributed by atoms with Crippen LogP contribution in [-0.4, -0.2) is 56.4 Å². The second-order valence-corrected chi connectivity index (χ2v) is 4.32. The second-order valence-electron chi connectivity index (χ2n) is 4.32.